The molecule has 2 aliphatic rings. The fraction of sp³-hybridized carbons (Fsp3) is 0.188. The molecule has 18 aromatic carbocycles. The van der Waals surface area contributed by atoms with Gasteiger partial charge in [0.25, 0.3) is 0 Å². The van der Waals surface area contributed by atoms with Gasteiger partial charge in [0.15, 0.2) is 0 Å². The summed E-state index contributed by atoms with van der Waals surface area (Å²) < 4.78 is 20.1. The Morgan fingerprint density at radius 2 is 0.549 bits per heavy atom. The maximum atomic E-state index is 5.91. The summed E-state index contributed by atoms with van der Waals surface area (Å²) in [5.41, 5.74) is 39.8. The molecule has 0 saturated heterocycles. The number of hydrogen-bond acceptors (Lipinski definition) is 5. The molecule has 5 heteroatoms. The van der Waals surface area contributed by atoms with E-state index in [0.717, 1.165) is 22.3 Å². The summed E-state index contributed by atoms with van der Waals surface area (Å²) >= 11 is 5.68. The first-order chi connectivity index (χ1) is 63.8. The van der Waals surface area contributed by atoms with Crippen LogP contribution in [0.1, 0.15) is 150 Å². The van der Waals surface area contributed by atoms with Crippen LogP contribution < -0.4 is 0 Å². The van der Waals surface area contributed by atoms with Crippen LogP contribution in [0, 0.1) is 125 Å². The summed E-state index contributed by atoms with van der Waals surface area (Å²) in [6.45, 7) is 48.0. The molecular formula is C128H120O2S3. The Balaban J connectivity index is 0.000000105. The summed E-state index contributed by atoms with van der Waals surface area (Å²) in [7, 11) is 0. The van der Waals surface area contributed by atoms with Crippen LogP contribution in [-0.2, 0) is 10.8 Å². The third kappa shape index (κ3) is 18.9. The largest absolute Gasteiger partial charge is 0.456 e. The average Bonchev–Trinajstić information content (AvgIpc) is 1.57. The van der Waals surface area contributed by atoms with Crippen molar-refractivity contribution in [1.29, 1.82) is 0 Å². The van der Waals surface area contributed by atoms with E-state index in [2.05, 4.69) is 468 Å². The second kappa shape index (κ2) is 38.1. The maximum Gasteiger partial charge on any atom is 0.138 e. The van der Waals surface area contributed by atoms with Crippen LogP contribution in [-0.4, -0.2) is 0 Å². The summed E-state index contributed by atoms with van der Waals surface area (Å²) in [4.78, 5) is 0. The maximum absolute atomic E-state index is 5.91. The van der Waals surface area contributed by atoms with E-state index in [4.69, 9.17) is 8.83 Å². The highest BCUT2D eigenvalue weighted by Crippen LogP contribution is 2.52. The Hall–Kier alpha value is -13.3. The van der Waals surface area contributed by atoms with Gasteiger partial charge in [0.2, 0.25) is 0 Å². The third-order valence-electron chi connectivity index (χ3n) is 26.8. The highest BCUT2D eigenvalue weighted by atomic mass is 32.1. The van der Waals surface area contributed by atoms with E-state index >= 15 is 0 Å². The zero-order chi connectivity index (χ0) is 93.6. The van der Waals surface area contributed by atoms with E-state index in [0.29, 0.717) is 0 Å². The highest BCUT2D eigenvalue weighted by molar-refractivity contribution is 7.26. The molecule has 0 unspecified atom stereocenters. The first-order valence-corrected chi connectivity index (χ1v) is 49.1. The number of rotatable bonds is 0. The standard InChI is InChI=1S/2C17H18.2C14H12O.3C14H12S.2C12H12/c1-11-5-7-13-14-8-6-12(2)10-16(14)17(3,4)15(13)9-11;1-11-9-10-12(2)16-15(11)13-7-5-6-8-14(13)17(16,3)4;1-9-3-5-13-11(7-9)12-8-10(2)4-6-14(12)15-13;1-9-5-3-7-11-12-8-4-6-10(2)14(12)15-13(9)11;1-9-3-5-13-11(7-9)12-8-10(2)4-6-14(12)15-13;1-9-3-5-11-12-6-4-10(2)8-14(12)15-13(11)7-9;1-9-5-3-7-11-12-8-4-6-10(2)14(12)15-13(9)11;1-9-3-5-12-8-10(2)4-6-11(12)7-9;1-9-7-8-10(2)12-6-4-3-5-11(9)12/h2*5-10H,1-4H3;5*3-8H,1-2H3;2*3-8H,1-2H3. The molecule has 0 radical (unpaired) electrons. The molecule has 25 rings (SSSR count). The minimum Gasteiger partial charge on any atom is -0.456 e. The molecular weight excluding hydrogens is 1670 g/mol. The monoisotopic (exact) mass is 1780 g/mol. The molecule has 0 aliphatic heterocycles. The summed E-state index contributed by atoms with van der Waals surface area (Å²) in [6.07, 6.45) is 0. The number of thiophene rings is 3. The van der Waals surface area contributed by atoms with Crippen molar-refractivity contribution in [3.05, 3.63) is 450 Å². The summed E-state index contributed by atoms with van der Waals surface area (Å²) in [5.74, 6) is 0. The minimum atomic E-state index is 0.141. The van der Waals surface area contributed by atoms with E-state index in [1.165, 1.54) is 248 Å². The van der Waals surface area contributed by atoms with Crippen molar-refractivity contribution >= 4 is 160 Å². The van der Waals surface area contributed by atoms with Crippen LogP contribution in [0.2, 0.25) is 0 Å². The van der Waals surface area contributed by atoms with Gasteiger partial charge in [-0.2, -0.15) is 0 Å². The SMILES string of the molecule is Cc1ccc(C)c2c1-c1ccccc1C2(C)C.Cc1ccc(C)c2ccccc12.Cc1ccc2c(c1)C(C)(C)c1cc(C)ccc1-2.Cc1ccc2c(c1)sc1cc(C)ccc12.Cc1ccc2cc(C)ccc2c1.Cc1ccc2oc3ccc(C)cc3c2c1.Cc1ccc2sc3ccc(C)cc3c2c1.Cc1cccc2c1oc1c(C)cccc12.Cc1cccc2c1sc1c(C)cccc12. The third-order valence-corrected chi connectivity index (χ3v) is 30.6. The number of benzene rings is 18. The van der Waals surface area contributed by atoms with Crippen LogP contribution in [0.25, 0.3) is 148 Å². The van der Waals surface area contributed by atoms with Gasteiger partial charge >= 0.3 is 0 Å². The fourth-order valence-electron chi connectivity index (χ4n) is 19.6. The van der Waals surface area contributed by atoms with Gasteiger partial charge in [0.1, 0.15) is 22.3 Å². The van der Waals surface area contributed by atoms with E-state index < -0.39 is 0 Å². The molecule has 0 spiro atoms. The Morgan fingerprint density at radius 3 is 1.02 bits per heavy atom. The van der Waals surface area contributed by atoms with Crippen molar-refractivity contribution in [2.45, 2.75) is 163 Å². The Kier molecular flexibility index (Phi) is 26.3. The normalized spacial score (nSPS) is 12.3. The fourth-order valence-corrected chi connectivity index (χ4v) is 23.2. The van der Waals surface area contributed by atoms with Crippen LogP contribution in [0.3, 0.4) is 0 Å². The Labute approximate surface area is 797 Å². The van der Waals surface area contributed by atoms with Crippen molar-refractivity contribution < 1.29 is 8.83 Å². The van der Waals surface area contributed by atoms with E-state index in [9.17, 15) is 0 Å². The van der Waals surface area contributed by atoms with E-state index in [1.54, 1.807) is 0 Å². The molecule has 5 heterocycles. The van der Waals surface area contributed by atoms with Crippen LogP contribution in [0.5, 0.6) is 0 Å². The lowest BCUT2D eigenvalue weighted by Gasteiger charge is -2.23. The van der Waals surface area contributed by atoms with Gasteiger partial charge in [-0.15, -0.1) is 34.0 Å². The molecule has 0 amide bonds. The second-order valence-corrected chi connectivity index (χ2v) is 41.4. The van der Waals surface area contributed by atoms with Crippen molar-refractivity contribution in [3.8, 4) is 22.3 Å². The molecule has 0 fully saturated rings. The second-order valence-electron chi connectivity index (χ2n) is 38.3. The minimum absolute atomic E-state index is 0.141. The summed E-state index contributed by atoms with van der Waals surface area (Å²) in [5, 5.41) is 18.7. The number of fused-ring (bicyclic) bond motifs is 23. The van der Waals surface area contributed by atoms with Gasteiger partial charge < -0.3 is 8.83 Å². The molecule has 133 heavy (non-hydrogen) atoms. The number of furan rings is 2. The van der Waals surface area contributed by atoms with Crippen LogP contribution in [0.15, 0.2) is 336 Å². The van der Waals surface area contributed by atoms with Gasteiger partial charge in [-0.05, 0) is 307 Å². The molecule has 23 aromatic rings. The molecule has 0 atom stereocenters. The van der Waals surface area contributed by atoms with Crippen LogP contribution in [0.4, 0.5) is 0 Å². The molecule has 0 saturated carbocycles. The lowest BCUT2D eigenvalue weighted by atomic mass is 9.80. The molecule has 0 bridgehead atoms. The predicted molar refractivity (Wildman–Crippen MR) is 587 cm³/mol. The highest BCUT2D eigenvalue weighted by Gasteiger charge is 2.38. The lowest BCUT2D eigenvalue weighted by molar-refractivity contribution is 0.655. The zero-order valence-electron chi connectivity index (χ0n) is 81.2. The molecule has 662 valence electrons. The zero-order valence-corrected chi connectivity index (χ0v) is 83.7. The van der Waals surface area contributed by atoms with Gasteiger partial charge in [0, 0.05) is 92.9 Å². The average molecular weight is 1790 g/mol. The topological polar surface area (TPSA) is 26.3 Å². The molecule has 5 aromatic heterocycles. The molecule has 2 aliphatic carbocycles. The van der Waals surface area contributed by atoms with Gasteiger partial charge in [-0.25, -0.2) is 0 Å². The number of aryl methyl sites for hydroxylation is 18. The predicted octanol–water partition coefficient (Wildman–Crippen LogP) is 38.6. The molecule has 2 nitrogen and oxygen atoms in total. The quantitative estimate of drug-likeness (QED) is 0.151. The van der Waals surface area contributed by atoms with Gasteiger partial charge in [-0.1, -0.05) is 339 Å². The van der Waals surface area contributed by atoms with E-state index in [1.807, 2.05) is 46.1 Å². The van der Waals surface area contributed by atoms with E-state index in [-0.39, 0.29) is 10.8 Å². The van der Waals surface area contributed by atoms with Gasteiger partial charge in [-0.3, -0.25) is 0 Å². The Bertz CT molecular complexity index is 7710. The van der Waals surface area contributed by atoms with Crippen molar-refractivity contribution in [3.63, 3.8) is 0 Å². The van der Waals surface area contributed by atoms with Crippen molar-refractivity contribution in [2.75, 3.05) is 0 Å². The van der Waals surface area contributed by atoms with Crippen molar-refractivity contribution in [2.24, 2.45) is 0 Å². The summed E-state index contributed by atoms with van der Waals surface area (Å²) in [6, 6.07) is 118. The first-order valence-electron chi connectivity index (χ1n) is 46.6. The number of hydrogen-bond donors (Lipinski definition) is 0. The van der Waals surface area contributed by atoms with Crippen LogP contribution >= 0.6 is 34.0 Å². The molecule has 0 N–H and O–H groups in total. The number of para-hydroxylation sites is 2. The lowest BCUT2D eigenvalue weighted by Crippen LogP contribution is -2.16. The van der Waals surface area contributed by atoms with Gasteiger partial charge in [0.05, 0.1) is 0 Å². The first kappa shape index (κ1) is 91.6. The Morgan fingerprint density at radius 1 is 0.195 bits per heavy atom. The van der Waals surface area contributed by atoms with Crippen molar-refractivity contribution in [1.82, 2.24) is 0 Å². The smallest absolute Gasteiger partial charge is 0.138 e.